The zero-order chi connectivity index (χ0) is 32.5. The zero-order valence-electron chi connectivity index (χ0n) is 25.7. The number of carbonyl (C=O) groups excluding carboxylic acids is 1. The van der Waals surface area contributed by atoms with E-state index in [0.29, 0.717) is 43.5 Å². The van der Waals surface area contributed by atoms with Gasteiger partial charge < -0.3 is 14.0 Å². The van der Waals surface area contributed by atoms with E-state index in [-0.39, 0.29) is 12.2 Å². The molecule has 234 valence electrons. The molecule has 2 aromatic heterocycles. The maximum absolute atomic E-state index is 14.5. The second-order valence-corrected chi connectivity index (χ2v) is 12.4. The lowest BCUT2D eigenvalue weighted by Gasteiger charge is -2.26. The first-order chi connectivity index (χ1) is 23.0. The Morgan fingerprint density at radius 3 is 2.53 bits per heavy atom. The number of fused-ring (bicyclic) bond motifs is 2. The molecule has 1 aliphatic rings. The first-order valence-electron chi connectivity index (χ1n) is 15.2. The number of rotatable bonds is 8. The van der Waals surface area contributed by atoms with Gasteiger partial charge in [-0.15, -0.1) is 0 Å². The summed E-state index contributed by atoms with van der Waals surface area (Å²) in [5, 5.41) is 1.70. The Hall–Kier alpha value is -5.18. The standard InChI is InChI=1S/C38H30ClN3O4S/c1-3-46-37(44)33-34(24-12-5-4-6-13-24)40-38-42(35(33)25-15-11-16-28(20-25)45-2)36(43)32(47-38)21-27-23-41(31-19-10-8-17-29(27)31)22-26-14-7-9-18-30(26)39/h4-21,23,35H,3,22H2,1-2H3/b32-21-/t35-/m1/s1. The number of hydrogen-bond donors (Lipinski definition) is 0. The number of para-hydroxylation sites is 1. The van der Waals surface area contributed by atoms with Crippen molar-refractivity contribution >= 4 is 51.6 Å². The predicted octanol–water partition coefficient (Wildman–Crippen LogP) is 6.60. The van der Waals surface area contributed by atoms with E-state index in [1.807, 2.05) is 109 Å². The van der Waals surface area contributed by atoms with Crippen LogP contribution in [-0.2, 0) is 16.1 Å². The van der Waals surface area contributed by atoms with E-state index in [1.165, 1.54) is 11.3 Å². The van der Waals surface area contributed by atoms with Gasteiger partial charge in [0.1, 0.15) is 5.75 Å². The summed E-state index contributed by atoms with van der Waals surface area (Å²) in [5.74, 6) is 0.0808. The first kappa shape index (κ1) is 30.5. The number of hydrogen-bond acceptors (Lipinski definition) is 6. The molecule has 1 atom stereocenters. The van der Waals surface area contributed by atoms with Crippen LogP contribution in [-0.4, -0.2) is 28.8 Å². The van der Waals surface area contributed by atoms with Gasteiger partial charge in [0, 0.05) is 39.8 Å². The Bertz CT molecular complexity index is 2350. The lowest BCUT2D eigenvalue weighted by molar-refractivity contribution is -0.138. The molecular formula is C38H30ClN3O4S. The van der Waals surface area contributed by atoms with Gasteiger partial charge in [0.05, 0.1) is 35.6 Å². The molecule has 0 spiro atoms. The third-order valence-corrected chi connectivity index (χ3v) is 9.54. The summed E-state index contributed by atoms with van der Waals surface area (Å²) in [4.78, 5) is 33.7. The van der Waals surface area contributed by atoms with Crippen LogP contribution < -0.4 is 19.6 Å². The maximum Gasteiger partial charge on any atom is 0.338 e. The number of ether oxygens (including phenoxy) is 2. The lowest BCUT2D eigenvalue weighted by atomic mass is 9.93. The van der Waals surface area contributed by atoms with Crippen molar-refractivity contribution in [3.8, 4) is 5.75 Å². The number of benzene rings is 4. The maximum atomic E-state index is 14.5. The fraction of sp³-hybridized carbons (Fsp3) is 0.132. The van der Waals surface area contributed by atoms with Crippen molar-refractivity contribution in [2.75, 3.05) is 13.7 Å². The topological polar surface area (TPSA) is 74.8 Å². The van der Waals surface area contributed by atoms with E-state index in [9.17, 15) is 9.59 Å². The number of nitrogens with zero attached hydrogens (tertiary/aromatic N) is 3. The Labute approximate surface area is 279 Å². The van der Waals surface area contributed by atoms with Crippen molar-refractivity contribution < 1.29 is 14.3 Å². The summed E-state index contributed by atoms with van der Waals surface area (Å²) in [7, 11) is 1.59. The molecule has 0 unspecified atom stereocenters. The van der Waals surface area contributed by atoms with Crippen LogP contribution in [0.2, 0.25) is 5.02 Å². The molecule has 0 saturated heterocycles. The van der Waals surface area contributed by atoms with Crippen LogP contribution >= 0.6 is 22.9 Å². The Balaban J connectivity index is 1.46. The molecule has 0 N–H and O–H groups in total. The minimum absolute atomic E-state index is 0.178. The molecule has 1 aliphatic heterocycles. The van der Waals surface area contributed by atoms with Crippen molar-refractivity contribution in [1.29, 1.82) is 0 Å². The third kappa shape index (κ3) is 5.71. The number of carbonyl (C=O) groups is 1. The predicted molar refractivity (Wildman–Crippen MR) is 187 cm³/mol. The van der Waals surface area contributed by atoms with Gasteiger partial charge in [0.2, 0.25) is 0 Å². The van der Waals surface area contributed by atoms with Crippen LogP contribution in [0.1, 0.15) is 35.2 Å². The minimum Gasteiger partial charge on any atom is -0.497 e. The van der Waals surface area contributed by atoms with Crippen LogP contribution in [0.5, 0.6) is 5.75 Å². The summed E-state index contributed by atoms with van der Waals surface area (Å²) in [5.41, 5.74) is 4.89. The normalized spacial score (nSPS) is 14.6. The van der Waals surface area contributed by atoms with Gasteiger partial charge >= 0.3 is 5.97 Å². The van der Waals surface area contributed by atoms with Gasteiger partial charge in [-0.05, 0) is 48.4 Å². The molecule has 0 bridgehead atoms. The monoisotopic (exact) mass is 659 g/mol. The molecule has 0 saturated carbocycles. The SMILES string of the molecule is CCOC(=O)C1=C(c2ccccc2)N=c2s/c(=C\c3cn(Cc4ccccc4Cl)c4ccccc34)c(=O)n2[C@@H]1c1cccc(OC)c1. The molecule has 0 radical (unpaired) electrons. The van der Waals surface area contributed by atoms with E-state index in [0.717, 1.165) is 27.6 Å². The summed E-state index contributed by atoms with van der Waals surface area (Å²) < 4.78 is 15.4. The zero-order valence-corrected chi connectivity index (χ0v) is 27.3. The quantitative estimate of drug-likeness (QED) is 0.173. The largest absolute Gasteiger partial charge is 0.497 e. The van der Waals surface area contributed by atoms with E-state index in [4.69, 9.17) is 26.1 Å². The third-order valence-electron chi connectivity index (χ3n) is 8.19. The second kappa shape index (κ2) is 12.9. The lowest BCUT2D eigenvalue weighted by Crippen LogP contribution is -2.40. The summed E-state index contributed by atoms with van der Waals surface area (Å²) in [6.07, 6.45) is 3.96. The van der Waals surface area contributed by atoms with Crippen molar-refractivity contribution in [3.63, 3.8) is 0 Å². The Kier molecular flexibility index (Phi) is 8.37. The smallest absolute Gasteiger partial charge is 0.338 e. The van der Waals surface area contributed by atoms with Crippen LogP contribution in [0.15, 0.2) is 125 Å². The van der Waals surface area contributed by atoms with Crippen molar-refractivity contribution in [1.82, 2.24) is 9.13 Å². The molecule has 0 fully saturated rings. The second-order valence-electron chi connectivity index (χ2n) is 11.0. The highest BCUT2D eigenvalue weighted by Gasteiger charge is 2.35. The van der Waals surface area contributed by atoms with Gasteiger partial charge in [-0.1, -0.05) is 102 Å². The first-order valence-corrected chi connectivity index (χ1v) is 16.4. The van der Waals surface area contributed by atoms with Crippen LogP contribution in [0, 0.1) is 0 Å². The molecule has 47 heavy (non-hydrogen) atoms. The van der Waals surface area contributed by atoms with E-state index >= 15 is 0 Å². The molecule has 7 nitrogen and oxygen atoms in total. The molecular weight excluding hydrogens is 630 g/mol. The minimum atomic E-state index is -0.792. The number of esters is 1. The number of halogens is 1. The Morgan fingerprint density at radius 2 is 1.74 bits per heavy atom. The van der Waals surface area contributed by atoms with Gasteiger partial charge in [-0.2, -0.15) is 0 Å². The van der Waals surface area contributed by atoms with Gasteiger partial charge in [-0.25, -0.2) is 9.79 Å². The highest BCUT2D eigenvalue weighted by Crippen LogP contribution is 2.36. The molecule has 4 aromatic carbocycles. The summed E-state index contributed by atoms with van der Waals surface area (Å²) in [6, 6.07) is 32.0. The van der Waals surface area contributed by atoms with E-state index < -0.39 is 12.0 Å². The van der Waals surface area contributed by atoms with E-state index in [2.05, 4.69) is 10.6 Å². The molecule has 9 heteroatoms. The van der Waals surface area contributed by atoms with Crippen LogP contribution in [0.4, 0.5) is 0 Å². The van der Waals surface area contributed by atoms with Gasteiger partial charge in [-0.3, -0.25) is 9.36 Å². The van der Waals surface area contributed by atoms with Gasteiger partial charge in [0.25, 0.3) is 5.56 Å². The average Bonchev–Trinajstić information content (AvgIpc) is 3.61. The van der Waals surface area contributed by atoms with Crippen molar-refractivity contribution in [2.24, 2.45) is 4.99 Å². The fourth-order valence-electron chi connectivity index (χ4n) is 6.04. The van der Waals surface area contributed by atoms with Crippen molar-refractivity contribution in [3.05, 3.63) is 162 Å². The van der Waals surface area contributed by atoms with E-state index in [1.54, 1.807) is 18.6 Å². The van der Waals surface area contributed by atoms with Gasteiger partial charge in [0.15, 0.2) is 4.80 Å². The summed E-state index contributed by atoms with van der Waals surface area (Å²) >= 11 is 7.81. The van der Waals surface area contributed by atoms with Crippen molar-refractivity contribution in [2.45, 2.75) is 19.5 Å². The number of methoxy groups -OCH3 is 1. The molecule has 0 aliphatic carbocycles. The highest BCUT2D eigenvalue weighted by atomic mass is 35.5. The molecule has 0 amide bonds. The molecule has 6 aromatic rings. The highest BCUT2D eigenvalue weighted by molar-refractivity contribution is 7.07. The average molecular weight is 660 g/mol. The summed E-state index contributed by atoms with van der Waals surface area (Å²) in [6.45, 7) is 2.52. The molecule has 3 heterocycles. The van der Waals surface area contributed by atoms with Crippen LogP contribution in [0.25, 0.3) is 22.7 Å². The Morgan fingerprint density at radius 1 is 0.979 bits per heavy atom. The number of aromatic nitrogens is 2. The van der Waals surface area contributed by atoms with Crippen LogP contribution in [0.3, 0.4) is 0 Å². The fourth-order valence-corrected chi connectivity index (χ4v) is 7.23. The molecule has 7 rings (SSSR count). The number of thiazole rings is 1.